The van der Waals surface area contributed by atoms with Gasteiger partial charge in [0.1, 0.15) is 6.61 Å². The number of aliphatic imine (C=N–C) groups is 1. The van der Waals surface area contributed by atoms with Gasteiger partial charge in [-0.15, -0.1) is 0 Å². The van der Waals surface area contributed by atoms with Crippen LogP contribution < -0.4 is 10.2 Å². The minimum atomic E-state index is -1.28. The Morgan fingerprint density at radius 1 is 0.946 bits per heavy atom. The molecule has 4 rings (SSSR count). The largest absolute Gasteiger partial charge is 0.445 e. The van der Waals surface area contributed by atoms with E-state index in [2.05, 4.69) is 5.32 Å². The van der Waals surface area contributed by atoms with Crippen molar-refractivity contribution in [2.24, 2.45) is 10.4 Å². The van der Waals surface area contributed by atoms with Crippen LogP contribution in [0.1, 0.15) is 43.0 Å². The van der Waals surface area contributed by atoms with Crippen molar-refractivity contribution in [2.45, 2.75) is 40.5 Å². The van der Waals surface area contributed by atoms with E-state index in [1.165, 1.54) is 4.90 Å². The fraction of sp³-hybridized carbons (Fsp3) is 0.267. The van der Waals surface area contributed by atoms with Crippen molar-refractivity contribution in [3.05, 3.63) is 101 Å². The number of hydrogen-bond donors (Lipinski definition) is 1. The summed E-state index contributed by atoms with van der Waals surface area (Å²) < 4.78 is 5.37. The Morgan fingerprint density at radius 3 is 2.27 bits per heavy atom. The van der Waals surface area contributed by atoms with E-state index in [0.29, 0.717) is 17.0 Å². The molecule has 37 heavy (non-hydrogen) atoms. The summed E-state index contributed by atoms with van der Waals surface area (Å²) in [5, 5.41) is 2.62. The zero-order valence-corrected chi connectivity index (χ0v) is 21.5. The topological polar surface area (TPSA) is 88.1 Å². The Labute approximate surface area is 217 Å². The molecule has 7 nitrogen and oxygen atoms in total. The van der Waals surface area contributed by atoms with Gasteiger partial charge in [0, 0.05) is 16.5 Å². The summed E-state index contributed by atoms with van der Waals surface area (Å²) in [5.41, 5.74) is 3.84. The molecule has 3 aromatic carbocycles. The quantitative estimate of drug-likeness (QED) is 0.516. The first-order valence-corrected chi connectivity index (χ1v) is 12.2. The van der Waals surface area contributed by atoms with E-state index in [1.807, 2.05) is 100 Å². The number of carbonyl (C=O) groups is 3. The number of aryl methyl sites for hydroxylation is 1. The van der Waals surface area contributed by atoms with Crippen LogP contribution in [-0.4, -0.2) is 36.2 Å². The molecule has 7 heteroatoms. The normalized spacial score (nSPS) is 15.4. The van der Waals surface area contributed by atoms with E-state index in [1.54, 1.807) is 6.07 Å². The average Bonchev–Trinajstić information content (AvgIpc) is 2.99. The summed E-state index contributed by atoms with van der Waals surface area (Å²) in [6.45, 7) is 7.34. The smallest absolute Gasteiger partial charge is 0.409 e. The standard InChI is InChI=1S/C30H31N3O4/c1-20-14-16-22(17-15-20)26-23-12-8-9-13-24(23)33(18-25(34)30(2,3)4)28(35)27(31-26)32-29(36)37-19-21-10-6-5-7-11-21/h5-17,27H,18-19H2,1-4H3,(H,32,36). The average molecular weight is 498 g/mol. The number of para-hydroxylation sites is 1. The maximum Gasteiger partial charge on any atom is 0.409 e. The van der Waals surface area contributed by atoms with Gasteiger partial charge in [0.15, 0.2) is 5.78 Å². The fourth-order valence-corrected chi connectivity index (χ4v) is 3.89. The highest BCUT2D eigenvalue weighted by Gasteiger charge is 2.36. The van der Waals surface area contributed by atoms with E-state index in [-0.39, 0.29) is 18.9 Å². The van der Waals surface area contributed by atoms with E-state index >= 15 is 0 Å². The monoisotopic (exact) mass is 497 g/mol. The molecule has 1 N–H and O–H groups in total. The van der Waals surface area contributed by atoms with Crippen LogP contribution in [0.15, 0.2) is 83.9 Å². The number of fused-ring (bicyclic) bond motifs is 1. The second kappa shape index (κ2) is 10.8. The molecule has 0 fully saturated rings. The lowest BCUT2D eigenvalue weighted by Crippen LogP contribution is -2.50. The lowest BCUT2D eigenvalue weighted by molar-refractivity contribution is -0.127. The van der Waals surface area contributed by atoms with Crippen molar-refractivity contribution in [1.82, 2.24) is 5.32 Å². The van der Waals surface area contributed by atoms with Crippen molar-refractivity contribution in [2.75, 3.05) is 11.4 Å². The lowest BCUT2D eigenvalue weighted by Gasteiger charge is -2.27. The SMILES string of the molecule is Cc1ccc(C2=NC(NC(=O)OCc3ccccc3)C(=O)N(CC(=O)C(C)(C)C)c3ccccc32)cc1. The van der Waals surface area contributed by atoms with Gasteiger partial charge in [-0.25, -0.2) is 9.79 Å². The van der Waals surface area contributed by atoms with Gasteiger partial charge in [-0.2, -0.15) is 0 Å². The molecule has 0 spiro atoms. The first kappa shape index (κ1) is 25.8. The number of Topliss-reactive ketones (excluding diaryl/α,β-unsaturated/α-hetero) is 1. The molecule has 1 aliphatic rings. The van der Waals surface area contributed by atoms with E-state index < -0.39 is 23.6 Å². The van der Waals surface area contributed by atoms with Crippen LogP contribution in [0.5, 0.6) is 0 Å². The summed E-state index contributed by atoms with van der Waals surface area (Å²) in [6.07, 6.45) is -2.05. The fourth-order valence-electron chi connectivity index (χ4n) is 3.89. The number of hydrogen-bond acceptors (Lipinski definition) is 5. The van der Waals surface area contributed by atoms with Crippen LogP contribution in [0.25, 0.3) is 0 Å². The molecule has 1 unspecified atom stereocenters. The third-order valence-electron chi connectivity index (χ3n) is 6.14. The molecule has 2 amide bonds. The molecule has 3 aromatic rings. The number of ketones is 1. The van der Waals surface area contributed by atoms with Crippen molar-refractivity contribution in [3.63, 3.8) is 0 Å². The molecule has 1 atom stereocenters. The van der Waals surface area contributed by atoms with Crippen molar-refractivity contribution in [1.29, 1.82) is 0 Å². The highest BCUT2D eigenvalue weighted by atomic mass is 16.5. The molecule has 0 saturated carbocycles. The van der Waals surface area contributed by atoms with Crippen LogP contribution in [0.4, 0.5) is 10.5 Å². The molecule has 0 bridgehead atoms. The zero-order chi connectivity index (χ0) is 26.6. The summed E-state index contributed by atoms with van der Waals surface area (Å²) >= 11 is 0. The maximum absolute atomic E-state index is 13.8. The second-order valence-electron chi connectivity index (χ2n) is 10.1. The number of rotatable bonds is 6. The van der Waals surface area contributed by atoms with Crippen LogP contribution in [0.3, 0.4) is 0 Å². The Morgan fingerprint density at radius 2 is 1.59 bits per heavy atom. The molecule has 1 aliphatic heterocycles. The van der Waals surface area contributed by atoms with Gasteiger partial charge >= 0.3 is 6.09 Å². The number of alkyl carbamates (subject to hydrolysis) is 1. The highest BCUT2D eigenvalue weighted by molar-refractivity contribution is 6.21. The third-order valence-corrected chi connectivity index (χ3v) is 6.14. The first-order valence-electron chi connectivity index (χ1n) is 12.2. The van der Waals surface area contributed by atoms with Gasteiger partial charge < -0.3 is 9.64 Å². The van der Waals surface area contributed by atoms with Crippen LogP contribution in [0.2, 0.25) is 0 Å². The number of nitrogens with zero attached hydrogens (tertiary/aromatic N) is 2. The highest BCUT2D eigenvalue weighted by Crippen LogP contribution is 2.29. The number of ether oxygens (including phenoxy) is 1. The van der Waals surface area contributed by atoms with Crippen molar-refractivity contribution in [3.8, 4) is 0 Å². The number of carbonyl (C=O) groups excluding carboxylic acids is 3. The Hall–Kier alpha value is -4.26. The molecule has 0 aliphatic carbocycles. The molecule has 0 saturated heterocycles. The van der Waals surface area contributed by atoms with Crippen LogP contribution in [0, 0.1) is 12.3 Å². The van der Waals surface area contributed by atoms with Gasteiger partial charge in [-0.3, -0.25) is 14.9 Å². The minimum absolute atomic E-state index is 0.0502. The Kier molecular flexibility index (Phi) is 7.53. The number of benzodiazepines with no additional fused rings is 1. The number of amides is 2. The molecular formula is C30H31N3O4. The number of benzene rings is 3. The molecule has 190 valence electrons. The molecule has 0 aromatic heterocycles. The molecular weight excluding hydrogens is 466 g/mol. The second-order valence-corrected chi connectivity index (χ2v) is 10.1. The maximum atomic E-state index is 13.8. The summed E-state index contributed by atoms with van der Waals surface area (Å²) in [4.78, 5) is 45.7. The summed E-state index contributed by atoms with van der Waals surface area (Å²) in [5.74, 6) is -0.622. The van der Waals surface area contributed by atoms with E-state index in [9.17, 15) is 14.4 Å². The molecule has 0 radical (unpaired) electrons. The minimum Gasteiger partial charge on any atom is -0.445 e. The van der Waals surface area contributed by atoms with Crippen LogP contribution in [-0.2, 0) is 20.9 Å². The number of anilines is 1. The summed E-state index contributed by atoms with van der Waals surface area (Å²) in [7, 11) is 0. The van der Waals surface area contributed by atoms with Crippen molar-refractivity contribution >= 4 is 29.2 Å². The van der Waals surface area contributed by atoms with Crippen LogP contribution >= 0.6 is 0 Å². The Bertz CT molecular complexity index is 1320. The van der Waals surface area contributed by atoms with Gasteiger partial charge in [0.05, 0.1) is 17.9 Å². The van der Waals surface area contributed by atoms with Crippen molar-refractivity contribution < 1.29 is 19.1 Å². The van der Waals surface area contributed by atoms with E-state index in [0.717, 1.165) is 16.7 Å². The van der Waals surface area contributed by atoms with E-state index in [4.69, 9.17) is 9.73 Å². The summed E-state index contributed by atoms with van der Waals surface area (Å²) in [6, 6.07) is 24.4. The molecule has 1 heterocycles. The van der Waals surface area contributed by atoms with Gasteiger partial charge in [-0.1, -0.05) is 99.1 Å². The van der Waals surface area contributed by atoms with Gasteiger partial charge in [0.25, 0.3) is 5.91 Å². The van der Waals surface area contributed by atoms with Gasteiger partial charge in [-0.05, 0) is 18.6 Å². The zero-order valence-electron chi connectivity index (χ0n) is 21.5. The number of nitrogens with one attached hydrogen (secondary N) is 1. The third kappa shape index (κ3) is 6.12. The Balaban J connectivity index is 1.72. The lowest BCUT2D eigenvalue weighted by atomic mass is 9.90. The van der Waals surface area contributed by atoms with Gasteiger partial charge in [0.2, 0.25) is 6.17 Å². The first-order chi connectivity index (χ1) is 17.6. The predicted octanol–water partition coefficient (Wildman–Crippen LogP) is 5.05. The predicted molar refractivity (Wildman–Crippen MR) is 144 cm³/mol.